The van der Waals surface area contributed by atoms with Crippen LogP contribution in [0.25, 0.3) is 0 Å². The Kier molecular flexibility index (Phi) is 7.71. The summed E-state index contributed by atoms with van der Waals surface area (Å²) in [5.74, 6) is -4.06. The number of amides is 4. The second kappa shape index (κ2) is 10.3. The summed E-state index contributed by atoms with van der Waals surface area (Å²) < 4.78 is 14.1. The molecule has 1 atom stereocenters. The van der Waals surface area contributed by atoms with E-state index >= 15 is 0 Å². The number of hydrazine groups is 1. The number of anilines is 1. The zero-order valence-electron chi connectivity index (χ0n) is 18.0. The zero-order valence-corrected chi connectivity index (χ0v) is 19.5. The molecule has 1 N–H and O–H groups in total. The molecule has 33 heavy (non-hydrogen) atoms. The van der Waals surface area contributed by atoms with E-state index in [-0.39, 0.29) is 27.7 Å². The van der Waals surface area contributed by atoms with E-state index in [2.05, 4.69) is 5.43 Å². The van der Waals surface area contributed by atoms with Gasteiger partial charge in [-0.25, -0.2) is 14.3 Å². The van der Waals surface area contributed by atoms with Gasteiger partial charge in [-0.1, -0.05) is 49.2 Å². The number of rotatable bonds is 6. The van der Waals surface area contributed by atoms with Crippen molar-refractivity contribution in [3.8, 4) is 0 Å². The topological polar surface area (TPSA) is 86.8 Å². The van der Waals surface area contributed by atoms with Gasteiger partial charge in [0.1, 0.15) is 11.9 Å². The number of carbonyl (C=O) groups is 4. The van der Waals surface area contributed by atoms with Crippen LogP contribution in [0.3, 0.4) is 0 Å². The van der Waals surface area contributed by atoms with Crippen molar-refractivity contribution < 1.29 is 23.6 Å². The molecule has 2 aromatic rings. The maximum Gasteiger partial charge on any atom is 0.272 e. The summed E-state index contributed by atoms with van der Waals surface area (Å²) in [6.07, 6.45) is 0.528. The van der Waals surface area contributed by atoms with Gasteiger partial charge in [0.25, 0.3) is 11.8 Å². The Bertz CT molecular complexity index is 1090. The van der Waals surface area contributed by atoms with E-state index in [0.29, 0.717) is 12.8 Å². The third-order valence-electron chi connectivity index (χ3n) is 5.45. The van der Waals surface area contributed by atoms with Crippen molar-refractivity contribution in [3.63, 3.8) is 0 Å². The van der Waals surface area contributed by atoms with Crippen LogP contribution in [0.5, 0.6) is 0 Å². The quantitative estimate of drug-likeness (QED) is 0.477. The number of carbonyl (C=O) groups excluding carboxylic acids is 4. The van der Waals surface area contributed by atoms with Crippen LogP contribution < -0.4 is 10.3 Å². The summed E-state index contributed by atoms with van der Waals surface area (Å²) in [6.45, 7) is 3.59. The van der Waals surface area contributed by atoms with Crippen molar-refractivity contribution in [2.24, 2.45) is 5.92 Å². The number of nitrogens with one attached hydrogen (secondary N) is 1. The first-order chi connectivity index (χ1) is 15.7. The molecule has 1 saturated heterocycles. The first-order valence-electron chi connectivity index (χ1n) is 10.4. The van der Waals surface area contributed by atoms with Crippen molar-refractivity contribution in [3.05, 3.63) is 63.9 Å². The minimum absolute atomic E-state index is 0.153. The molecule has 10 heteroatoms. The molecule has 1 heterocycles. The molecule has 0 aromatic heterocycles. The molecule has 0 bridgehead atoms. The predicted molar refractivity (Wildman–Crippen MR) is 122 cm³/mol. The minimum atomic E-state index is -1.31. The average molecular weight is 494 g/mol. The number of nitrogens with zero attached hydrogens (tertiary/aromatic N) is 2. The third-order valence-corrected chi connectivity index (χ3v) is 5.89. The van der Waals surface area contributed by atoms with Crippen LogP contribution in [0, 0.1) is 11.7 Å². The van der Waals surface area contributed by atoms with Gasteiger partial charge in [0, 0.05) is 16.0 Å². The highest BCUT2D eigenvalue weighted by Gasteiger charge is 2.46. The van der Waals surface area contributed by atoms with Crippen LogP contribution in [0.2, 0.25) is 10.0 Å². The van der Waals surface area contributed by atoms with Crippen LogP contribution in [0.1, 0.15) is 43.5 Å². The second-order valence-electron chi connectivity index (χ2n) is 7.56. The Morgan fingerprint density at radius 1 is 1.12 bits per heavy atom. The highest BCUT2D eigenvalue weighted by Crippen LogP contribution is 2.31. The van der Waals surface area contributed by atoms with Crippen LogP contribution in [-0.4, -0.2) is 34.7 Å². The molecule has 0 radical (unpaired) electrons. The Morgan fingerprint density at radius 3 is 2.30 bits per heavy atom. The van der Waals surface area contributed by atoms with Gasteiger partial charge < -0.3 is 0 Å². The molecule has 1 aliphatic rings. The van der Waals surface area contributed by atoms with Gasteiger partial charge in [-0.15, -0.1) is 0 Å². The van der Waals surface area contributed by atoms with E-state index in [9.17, 15) is 23.6 Å². The summed E-state index contributed by atoms with van der Waals surface area (Å²) in [4.78, 5) is 52.9. The summed E-state index contributed by atoms with van der Waals surface area (Å²) in [5, 5.41) is 1.30. The van der Waals surface area contributed by atoms with E-state index in [1.807, 2.05) is 0 Å². The zero-order chi connectivity index (χ0) is 24.3. The molecule has 0 saturated carbocycles. The number of benzene rings is 2. The van der Waals surface area contributed by atoms with Crippen molar-refractivity contribution in [2.45, 2.75) is 39.2 Å². The number of halogens is 3. The molecule has 1 aliphatic heterocycles. The molecule has 4 amide bonds. The summed E-state index contributed by atoms with van der Waals surface area (Å²) >= 11 is 12.0. The smallest absolute Gasteiger partial charge is 0.272 e. The lowest BCUT2D eigenvalue weighted by molar-refractivity contribution is -0.145. The lowest BCUT2D eigenvalue weighted by atomic mass is 10.0. The average Bonchev–Trinajstić information content (AvgIpc) is 3.05. The maximum atomic E-state index is 14.1. The van der Waals surface area contributed by atoms with E-state index in [1.54, 1.807) is 13.8 Å². The molecule has 3 rings (SSSR count). The van der Waals surface area contributed by atoms with Gasteiger partial charge in [-0.05, 0) is 43.2 Å². The monoisotopic (exact) mass is 493 g/mol. The van der Waals surface area contributed by atoms with Crippen molar-refractivity contribution in [1.82, 2.24) is 10.4 Å². The van der Waals surface area contributed by atoms with Gasteiger partial charge in [0.05, 0.1) is 17.7 Å². The molecule has 0 aliphatic carbocycles. The first-order valence-corrected chi connectivity index (χ1v) is 11.1. The highest BCUT2D eigenvalue weighted by atomic mass is 35.5. The molecule has 2 aromatic carbocycles. The third kappa shape index (κ3) is 5.17. The van der Waals surface area contributed by atoms with Gasteiger partial charge >= 0.3 is 0 Å². The highest BCUT2D eigenvalue weighted by molar-refractivity contribution is 6.35. The summed E-state index contributed by atoms with van der Waals surface area (Å²) in [7, 11) is 0. The fraction of sp³-hybridized carbons (Fsp3) is 0.304. The Labute approximate surface area is 200 Å². The molecule has 174 valence electrons. The number of hydrogen-bond donors (Lipinski definition) is 1. The first kappa shape index (κ1) is 24.7. The Balaban J connectivity index is 1.97. The summed E-state index contributed by atoms with van der Waals surface area (Å²) in [5.41, 5.74) is 2.22. The lowest BCUT2D eigenvalue weighted by Gasteiger charge is -2.30. The summed E-state index contributed by atoms with van der Waals surface area (Å²) in [6, 6.07) is 8.20. The fourth-order valence-corrected chi connectivity index (χ4v) is 4.21. The molecule has 1 fully saturated rings. The van der Waals surface area contributed by atoms with Crippen LogP contribution >= 0.6 is 23.2 Å². The van der Waals surface area contributed by atoms with E-state index < -0.39 is 41.4 Å². The SMILES string of the molecule is CCC(CC)C(=O)N(NC(=O)c1ccccc1F)C1CC(=O)N(c2cc(Cl)cc(Cl)c2)C1=O. The second-order valence-corrected chi connectivity index (χ2v) is 8.43. The van der Waals surface area contributed by atoms with Gasteiger partial charge in [-0.3, -0.25) is 24.6 Å². The van der Waals surface area contributed by atoms with Crippen molar-refractivity contribution in [1.29, 1.82) is 0 Å². The van der Waals surface area contributed by atoms with Crippen LogP contribution in [0.4, 0.5) is 10.1 Å². The molecular formula is C23H22Cl2FN3O4. The molecular weight excluding hydrogens is 472 g/mol. The van der Waals surface area contributed by atoms with Crippen LogP contribution in [0.15, 0.2) is 42.5 Å². The van der Waals surface area contributed by atoms with Gasteiger partial charge in [-0.2, -0.15) is 0 Å². The maximum absolute atomic E-state index is 14.1. The van der Waals surface area contributed by atoms with Crippen LogP contribution in [-0.2, 0) is 14.4 Å². The molecule has 7 nitrogen and oxygen atoms in total. The fourth-order valence-electron chi connectivity index (χ4n) is 3.69. The van der Waals surface area contributed by atoms with E-state index in [4.69, 9.17) is 23.2 Å². The van der Waals surface area contributed by atoms with Crippen molar-refractivity contribution >= 4 is 52.5 Å². The minimum Gasteiger partial charge on any atom is -0.274 e. The van der Waals surface area contributed by atoms with Gasteiger partial charge in [0.2, 0.25) is 11.8 Å². The van der Waals surface area contributed by atoms with E-state index in [0.717, 1.165) is 16.0 Å². The molecule has 1 unspecified atom stereocenters. The standard InChI is InChI=1S/C23H22Cl2FN3O4/c1-3-13(4-2)22(32)29(27-21(31)17-7-5-6-8-18(17)26)19-12-20(30)28(23(19)33)16-10-14(24)9-15(25)11-16/h5-11,13,19H,3-4,12H2,1-2H3,(H,27,31). The Morgan fingerprint density at radius 2 is 1.73 bits per heavy atom. The van der Waals surface area contributed by atoms with Crippen molar-refractivity contribution in [2.75, 3.05) is 4.90 Å². The normalized spacial score (nSPS) is 15.8. The Hall–Kier alpha value is -2.97. The molecule has 0 spiro atoms. The predicted octanol–water partition coefficient (Wildman–Crippen LogP) is 4.37. The lowest BCUT2D eigenvalue weighted by Crippen LogP contribution is -2.56. The van der Waals surface area contributed by atoms with E-state index in [1.165, 1.54) is 36.4 Å². The number of hydrogen-bond acceptors (Lipinski definition) is 4. The number of imide groups is 1. The van der Waals surface area contributed by atoms with Gasteiger partial charge in [0.15, 0.2) is 0 Å². The largest absolute Gasteiger partial charge is 0.274 e.